The Morgan fingerprint density at radius 2 is 2.24 bits per heavy atom. The van der Waals surface area contributed by atoms with Crippen molar-refractivity contribution in [2.75, 3.05) is 13.2 Å². The summed E-state index contributed by atoms with van der Waals surface area (Å²) in [6.07, 6.45) is 1.75. The Bertz CT molecular complexity index is 525. The zero-order valence-corrected chi connectivity index (χ0v) is 13.5. The van der Waals surface area contributed by atoms with Crippen molar-refractivity contribution in [3.63, 3.8) is 0 Å². The molecule has 116 valence electrons. The summed E-state index contributed by atoms with van der Waals surface area (Å²) in [6.45, 7) is 6.04. The van der Waals surface area contributed by atoms with Crippen LogP contribution in [0.3, 0.4) is 0 Å². The van der Waals surface area contributed by atoms with Gasteiger partial charge in [-0.05, 0) is 57.4 Å². The average molecular weight is 312 g/mol. The molecule has 1 aliphatic rings. The van der Waals surface area contributed by atoms with E-state index in [2.05, 4.69) is 0 Å². The van der Waals surface area contributed by atoms with Crippen LogP contribution in [0.25, 0.3) is 0 Å². The number of halogens is 1. The highest BCUT2D eigenvalue weighted by atomic mass is 35.5. The summed E-state index contributed by atoms with van der Waals surface area (Å²) in [6, 6.07) is 5.17. The van der Waals surface area contributed by atoms with Crippen LogP contribution < -0.4 is 4.74 Å². The molecule has 1 aromatic rings. The molecule has 0 aliphatic carbocycles. The maximum atomic E-state index is 12.3. The molecule has 4 nitrogen and oxygen atoms in total. The van der Waals surface area contributed by atoms with E-state index in [9.17, 15) is 9.90 Å². The van der Waals surface area contributed by atoms with Gasteiger partial charge in [-0.2, -0.15) is 0 Å². The fourth-order valence-electron chi connectivity index (χ4n) is 2.80. The summed E-state index contributed by atoms with van der Waals surface area (Å²) < 4.78 is 5.60. The molecule has 0 saturated carbocycles. The molecule has 0 spiro atoms. The van der Waals surface area contributed by atoms with Gasteiger partial charge in [-0.25, -0.2) is 0 Å². The van der Waals surface area contributed by atoms with Crippen LogP contribution in [-0.2, 0) is 4.79 Å². The van der Waals surface area contributed by atoms with Crippen LogP contribution in [0.5, 0.6) is 5.75 Å². The molecule has 1 heterocycles. The number of benzene rings is 1. The van der Waals surface area contributed by atoms with Crippen LogP contribution >= 0.6 is 11.6 Å². The maximum absolute atomic E-state index is 12.3. The van der Waals surface area contributed by atoms with Crippen molar-refractivity contribution in [1.29, 1.82) is 0 Å². The Hall–Kier alpha value is -1.26. The van der Waals surface area contributed by atoms with E-state index in [0.29, 0.717) is 17.3 Å². The SMILES string of the molecule is Cc1cc(Cl)ccc1OCC(=O)N1CCCC1C(C)(C)O. The third-order valence-electron chi connectivity index (χ3n) is 3.88. The van der Waals surface area contributed by atoms with Gasteiger partial charge in [0.2, 0.25) is 0 Å². The number of hydrogen-bond acceptors (Lipinski definition) is 3. The van der Waals surface area contributed by atoms with Gasteiger partial charge in [0, 0.05) is 11.6 Å². The second-order valence-electron chi connectivity index (χ2n) is 6.10. The molecule has 1 saturated heterocycles. The highest BCUT2D eigenvalue weighted by Gasteiger charge is 2.38. The van der Waals surface area contributed by atoms with Gasteiger partial charge in [-0.1, -0.05) is 11.6 Å². The second kappa shape index (κ2) is 6.24. The molecule has 1 unspecified atom stereocenters. The molecule has 1 fully saturated rings. The number of nitrogens with zero attached hydrogens (tertiary/aromatic N) is 1. The van der Waals surface area contributed by atoms with Gasteiger partial charge < -0.3 is 14.7 Å². The van der Waals surface area contributed by atoms with Gasteiger partial charge >= 0.3 is 0 Å². The monoisotopic (exact) mass is 311 g/mol. The summed E-state index contributed by atoms with van der Waals surface area (Å²) in [4.78, 5) is 14.0. The number of carbonyl (C=O) groups excluding carboxylic acids is 1. The Kier molecular flexibility index (Phi) is 4.79. The van der Waals surface area contributed by atoms with E-state index in [1.54, 1.807) is 36.9 Å². The Labute approximate surface area is 130 Å². The maximum Gasteiger partial charge on any atom is 0.260 e. The van der Waals surface area contributed by atoms with Gasteiger partial charge in [0.05, 0.1) is 11.6 Å². The molecule has 21 heavy (non-hydrogen) atoms. The minimum absolute atomic E-state index is 0.0188. The zero-order chi connectivity index (χ0) is 15.6. The van der Waals surface area contributed by atoms with Gasteiger partial charge in [-0.3, -0.25) is 4.79 Å². The largest absolute Gasteiger partial charge is 0.483 e. The zero-order valence-electron chi connectivity index (χ0n) is 12.7. The van der Waals surface area contributed by atoms with Crippen LogP contribution in [0.15, 0.2) is 18.2 Å². The number of amides is 1. The highest BCUT2D eigenvalue weighted by molar-refractivity contribution is 6.30. The van der Waals surface area contributed by atoms with Gasteiger partial charge in [-0.15, -0.1) is 0 Å². The van der Waals surface area contributed by atoms with E-state index in [1.807, 2.05) is 6.92 Å². The van der Waals surface area contributed by atoms with Crippen LogP contribution in [0.1, 0.15) is 32.3 Å². The molecule has 2 rings (SSSR count). The van der Waals surface area contributed by atoms with Crippen molar-refractivity contribution < 1.29 is 14.6 Å². The molecular weight excluding hydrogens is 290 g/mol. The predicted molar refractivity (Wildman–Crippen MR) is 82.7 cm³/mol. The number of ether oxygens (including phenoxy) is 1. The molecule has 1 aliphatic heterocycles. The Morgan fingerprint density at radius 3 is 2.86 bits per heavy atom. The first kappa shape index (κ1) is 16.1. The summed E-state index contributed by atoms with van der Waals surface area (Å²) in [5.74, 6) is 0.570. The lowest BCUT2D eigenvalue weighted by molar-refractivity contribution is -0.138. The molecular formula is C16H22ClNO3. The van der Waals surface area contributed by atoms with E-state index < -0.39 is 5.60 Å². The average Bonchev–Trinajstić information content (AvgIpc) is 2.86. The fraction of sp³-hybridized carbons (Fsp3) is 0.562. The molecule has 1 aromatic carbocycles. The molecule has 5 heteroatoms. The number of rotatable bonds is 4. The van der Waals surface area contributed by atoms with E-state index in [1.165, 1.54) is 0 Å². The summed E-state index contributed by atoms with van der Waals surface area (Å²) in [7, 11) is 0. The first-order valence-electron chi connectivity index (χ1n) is 7.20. The number of carbonyl (C=O) groups is 1. The Morgan fingerprint density at radius 1 is 1.52 bits per heavy atom. The molecule has 1 N–H and O–H groups in total. The normalized spacial score (nSPS) is 18.9. The van der Waals surface area contributed by atoms with Crippen molar-refractivity contribution in [1.82, 2.24) is 4.90 Å². The lowest BCUT2D eigenvalue weighted by atomic mass is 9.97. The summed E-state index contributed by atoms with van der Waals surface area (Å²) in [5, 5.41) is 10.8. The van der Waals surface area contributed by atoms with Crippen molar-refractivity contribution in [2.45, 2.75) is 45.3 Å². The van der Waals surface area contributed by atoms with Gasteiger partial charge in [0.15, 0.2) is 6.61 Å². The van der Waals surface area contributed by atoms with Crippen molar-refractivity contribution in [3.8, 4) is 5.75 Å². The molecule has 1 amide bonds. The van der Waals surface area contributed by atoms with Crippen molar-refractivity contribution in [2.24, 2.45) is 0 Å². The predicted octanol–water partition coefficient (Wildman–Crippen LogP) is 2.79. The number of hydrogen-bond donors (Lipinski definition) is 1. The third kappa shape index (κ3) is 3.89. The van der Waals surface area contributed by atoms with Crippen LogP contribution in [0.4, 0.5) is 0 Å². The van der Waals surface area contributed by atoms with Crippen LogP contribution in [0.2, 0.25) is 5.02 Å². The highest BCUT2D eigenvalue weighted by Crippen LogP contribution is 2.27. The number of aliphatic hydroxyl groups is 1. The molecule has 0 aromatic heterocycles. The number of likely N-dealkylation sites (tertiary alicyclic amines) is 1. The quantitative estimate of drug-likeness (QED) is 0.930. The third-order valence-corrected chi connectivity index (χ3v) is 4.11. The topological polar surface area (TPSA) is 49.8 Å². The van der Waals surface area contributed by atoms with Crippen LogP contribution in [0, 0.1) is 6.92 Å². The van der Waals surface area contributed by atoms with E-state index >= 15 is 0 Å². The smallest absolute Gasteiger partial charge is 0.260 e. The standard InChI is InChI=1S/C16H22ClNO3/c1-11-9-12(17)6-7-13(11)21-10-15(19)18-8-4-5-14(18)16(2,3)20/h6-7,9,14,20H,4-5,8,10H2,1-3H3. The minimum Gasteiger partial charge on any atom is -0.483 e. The summed E-state index contributed by atoms with van der Waals surface area (Å²) >= 11 is 5.89. The lowest BCUT2D eigenvalue weighted by Crippen LogP contribution is -2.49. The first-order chi connectivity index (χ1) is 9.79. The van der Waals surface area contributed by atoms with Crippen molar-refractivity contribution >= 4 is 17.5 Å². The molecule has 1 atom stereocenters. The summed E-state index contributed by atoms with van der Waals surface area (Å²) in [5.41, 5.74) is 0.0123. The van der Waals surface area contributed by atoms with E-state index in [0.717, 1.165) is 18.4 Å². The first-order valence-corrected chi connectivity index (χ1v) is 7.57. The molecule has 0 radical (unpaired) electrons. The van der Waals surface area contributed by atoms with Gasteiger partial charge in [0.1, 0.15) is 5.75 Å². The fourth-order valence-corrected chi connectivity index (χ4v) is 3.02. The van der Waals surface area contributed by atoms with Gasteiger partial charge in [0.25, 0.3) is 5.91 Å². The van der Waals surface area contributed by atoms with Crippen molar-refractivity contribution in [3.05, 3.63) is 28.8 Å². The second-order valence-corrected chi connectivity index (χ2v) is 6.53. The number of aryl methyl sites for hydroxylation is 1. The van der Waals surface area contributed by atoms with E-state index in [4.69, 9.17) is 16.3 Å². The lowest BCUT2D eigenvalue weighted by Gasteiger charge is -2.33. The minimum atomic E-state index is -0.887. The Balaban J connectivity index is 1.98. The molecule has 0 bridgehead atoms. The van der Waals surface area contributed by atoms with Crippen LogP contribution in [-0.4, -0.2) is 40.7 Å². The van der Waals surface area contributed by atoms with E-state index in [-0.39, 0.29) is 18.6 Å².